The molecule has 1 aliphatic heterocycles. The van der Waals surface area contributed by atoms with E-state index in [-0.39, 0.29) is 36.2 Å². The van der Waals surface area contributed by atoms with Crippen molar-refractivity contribution in [2.45, 2.75) is 31.5 Å². The lowest BCUT2D eigenvalue weighted by Gasteiger charge is -2.31. The molecule has 0 aromatic heterocycles. The molecule has 1 amide bonds. The van der Waals surface area contributed by atoms with Crippen molar-refractivity contribution in [2.24, 2.45) is 11.8 Å². The number of carbonyl (C=O) groups excluding carboxylic acids is 1. The maximum Gasteiger partial charge on any atom is 0.416 e. The zero-order valence-corrected chi connectivity index (χ0v) is 13.5. The van der Waals surface area contributed by atoms with Crippen LogP contribution >= 0.6 is 12.4 Å². The van der Waals surface area contributed by atoms with E-state index >= 15 is 0 Å². The van der Waals surface area contributed by atoms with Gasteiger partial charge in [-0.2, -0.15) is 13.2 Å². The summed E-state index contributed by atoms with van der Waals surface area (Å²) < 4.78 is 39.1. The number of rotatable bonds is 4. The molecule has 3 atom stereocenters. The normalized spacial score (nSPS) is 25.0. The van der Waals surface area contributed by atoms with Crippen LogP contribution in [0.1, 0.15) is 30.4 Å². The molecule has 23 heavy (non-hydrogen) atoms. The molecule has 128 valence electrons. The van der Waals surface area contributed by atoms with Crippen LogP contribution < -0.4 is 10.6 Å². The molecule has 3 rings (SSSR count). The Balaban J connectivity index is 0.00000192. The molecule has 1 saturated carbocycles. The van der Waals surface area contributed by atoms with Gasteiger partial charge < -0.3 is 10.6 Å². The average molecular weight is 349 g/mol. The molecule has 0 radical (unpaired) electrons. The highest BCUT2D eigenvalue weighted by Crippen LogP contribution is 2.46. The minimum Gasteiger partial charge on any atom is -0.352 e. The van der Waals surface area contributed by atoms with Crippen LogP contribution in [0.3, 0.4) is 0 Å². The van der Waals surface area contributed by atoms with Gasteiger partial charge in [0, 0.05) is 17.9 Å². The summed E-state index contributed by atoms with van der Waals surface area (Å²) in [5, 5.41) is 6.02. The van der Waals surface area contributed by atoms with E-state index in [4.69, 9.17) is 0 Å². The molecule has 2 fully saturated rings. The first-order valence-electron chi connectivity index (χ1n) is 7.55. The van der Waals surface area contributed by atoms with E-state index in [0.29, 0.717) is 17.9 Å². The molecule has 1 aromatic carbocycles. The zero-order valence-electron chi connectivity index (χ0n) is 12.7. The molecule has 1 saturated heterocycles. The number of hydrogen-bond donors (Lipinski definition) is 2. The average Bonchev–Trinajstić information content (AvgIpc) is 3.14. The minimum absolute atomic E-state index is 0. The molecule has 1 aliphatic carbocycles. The van der Waals surface area contributed by atoms with Crippen LogP contribution in [0.25, 0.3) is 0 Å². The van der Waals surface area contributed by atoms with Crippen LogP contribution in [0.5, 0.6) is 0 Å². The summed E-state index contributed by atoms with van der Waals surface area (Å²) in [6.07, 6.45) is -3.77. The number of carbonyl (C=O) groups is 1. The number of benzene rings is 1. The maximum absolute atomic E-state index is 13.0. The van der Waals surface area contributed by atoms with Gasteiger partial charge in [0.25, 0.3) is 0 Å². The summed E-state index contributed by atoms with van der Waals surface area (Å²) in [7, 11) is 0. The van der Waals surface area contributed by atoms with Crippen molar-refractivity contribution in [1.82, 2.24) is 10.6 Å². The van der Waals surface area contributed by atoms with Crippen LogP contribution in [0.4, 0.5) is 13.2 Å². The number of nitrogens with one attached hydrogen (secondary N) is 2. The van der Waals surface area contributed by atoms with Crippen molar-refractivity contribution in [2.75, 3.05) is 13.1 Å². The molecule has 1 heterocycles. The first-order chi connectivity index (χ1) is 10.4. The monoisotopic (exact) mass is 348 g/mol. The van der Waals surface area contributed by atoms with E-state index in [2.05, 4.69) is 10.6 Å². The van der Waals surface area contributed by atoms with Gasteiger partial charge in [-0.25, -0.2) is 0 Å². The van der Waals surface area contributed by atoms with Crippen molar-refractivity contribution in [3.8, 4) is 0 Å². The van der Waals surface area contributed by atoms with Gasteiger partial charge in [-0.3, -0.25) is 4.79 Å². The van der Waals surface area contributed by atoms with Crippen molar-refractivity contribution in [1.29, 1.82) is 0 Å². The summed E-state index contributed by atoms with van der Waals surface area (Å²) >= 11 is 0. The maximum atomic E-state index is 13.0. The Bertz CT molecular complexity index is 575. The van der Waals surface area contributed by atoms with Crippen molar-refractivity contribution >= 4 is 18.3 Å². The predicted molar refractivity (Wildman–Crippen MR) is 83.5 cm³/mol. The minimum atomic E-state index is -4.35. The van der Waals surface area contributed by atoms with E-state index in [1.54, 1.807) is 6.07 Å². The van der Waals surface area contributed by atoms with Crippen LogP contribution in [0.2, 0.25) is 0 Å². The number of hydrogen-bond acceptors (Lipinski definition) is 2. The Hall–Kier alpha value is -1.27. The molecular formula is C16H20ClF3N2O. The first-order valence-corrected chi connectivity index (χ1v) is 7.55. The van der Waals surface area contributed by atoms with Gasteiger partial charge in [-0.05, 0) is 37.1 Å². The third-order valence-corrected chi connectivity index (χ3v) is 4.72. The largest absolute Gasteiger partial charge is 0.416 e. The van der Waals surface area contributed by atoms with E-state index in [0.717, 1.165) is 19.2 Å². The molecule has 3 unspecified atom stereocenters. The molecule has 3 nitrogen and oxygen atoms in total. The molecule has 0 bridgehead atoms. The standard InChI is InChI=1S/C16H19F3N2O.ClH/c1-9(10-7-20-8-10)15(22)21-14-6-12(14)11-4-2-3-5-13(11)16(17,18)19;/h2-5,9-10,12,14,20H,6-8H2,1H3,(H,21,22);1H. The first kappa shape index (κ1) is 18.1. The second kappa shape index (κ2) is 6.69. The number of alkyl halides is 3. The topological polar surface area (TPSA) is 41.1 Å². The van der Waals surface area contributed by atoms with Crippen LogP contribution in [0, 0.1) is 11.8 Å². The predicted octanol–water partition coefficient (Wildman–Crippen LogP) is 2.95. The van der Waals surface area contributed by atoms with E-state index < -0.39 is 11.7 Å². The lowest BCUT2D eigenvalue weighted by atomic mass is 9.88. The van der Waals surface area contributed by atoms with Crippen molar-refractivity contribution < 1.29 is 18.0 Å². The smallest absolute Gasteiger partial charge is 0.352 e. The summed E-state index contributed by atoms with van der Waals surface area (Å²) in [4.78, 5) is 12.1. The molecule has 0 spiro atoms. The van der Waals surface area contributed by atoms with E-state index in [1.165, 1.54) is 12.1 Å². The van der Waals surface area contributed by atoms with Gasteiger partial charge in [-0.1, -0.05) is 25.1 Å². The molecular weight excluding hydrogens is 329 g/mol. The Kier molecular flexibility index (Phi) is 5.26. The van der Waals surface area contributed by atoms with Crippen molar-refractivity contribution in [3.05, 3.63) is 35.4 Å². The zero-order chi connectivity index (χ0) is 15.9. The second-order valence-electron chi connectivity index (χ2n) is 6.25. The van der Waals surface area contributed by atoms with Gasteiger partial charge in [0.15, 0.2) is 0 Å². The molecule has 2 aliphatic rings. The number of halogens is 4. The van der Waals surface area contributed by atoms with Crippen LogP contribution in [-0.2, 0) is 11.0 Å². The lowest BCUT2D eigenvalue weighted by molar-refractivity contribution is -0.138. The Morgan fingerprint density at radius 1 is 1.30 bits per heavy atom. The van der Waals surface area contributed by atoms with Gasteiger partial charge in [0.2, 0.25) is 5.91 Å². The fourth-order valence-corrected chi connectivity index (χ4v) is 2.97. The second-order valence-corrected chi connectivity index (χ2v) is 6.25. The van der Waals surface area contributed by atoms with Crippen LogP contribution in [0.15, 0.2) is 24.3 Å². The summed E-state index contributed by atoms with van der Waals surface area (Å²) in [5.74, 6) is -0.0444. The van der Waals surface area contributed by atoms with Gasteiger partial charge in [0.1, 0.15) is 0 Å². The Morgan fingerprint density at radius 3 is 2.52 bits per heavy atom. The third-order valence-electron chi connectivity index (χ3n) is 4.72. The molecule has 1 aromatic rings. The SMILES string of the molecule is CC(C(=O)NC1CC1c1ccccc1C(F)(F)F)C1CNC1.Cl. The fourth-order valence-electron chi connectivity index (χ4n) is 2.97. The summed E-state index contributed by atoms with van der Waals surface area (Å²) in [5.41, 5.74) is -0.300. The lowest BCUT2D eigenvalue weighted by Crippen LogP contribution is -2.50. The number of amides is 1. The third kappa shape index (κ3) is 3.80. The molecule has 2 N–H and O–H groups in total. The van der Waals surface area contributed by atoms with Gasteiger partial charge >= 0.3 is 6.18 Å². The van der Waals surface area contributed by atoms with Crippen LogP contribution in [-0.4, -0.2) is 25.0 Å². The highest BCUT2D eigenvalue weighted by Gasteiger charge is 2.45. The summed E-state index contributed by atoms with van der Waals surface area (Å²) in [6.45, 7) is 3.54. The summed E-state index contributed by atoms with van der Waals surface area (Å²) in [6, 6.07) is 5.46. The van der Waals surface area contributed by atoms with Gasteiger partial charge in [0.05, 0.1) is 5.56 Å². The van der Waals surface area contributed by atoms with Gasteiger partial charge in [-0.15, -0.1) is 12.4 Å². The van der Waals surface area contributed by atoms with E-state index in [1.807, 2.05) is 6.92 Å². The highest BCUT2D eigenvalue weighted by atomic mass is 35.5. The van der Waals surface area contributed by atoms with Crippen molar-refractivity contribution in [3.63, 3.8) is 0 Å². The Morgan fingerprint density at radius 2 is 1.96 bits per heavy atom. The Labute approximate surface area is 139 Å². The molecule has 7 heteroatoms. The van der Waals surface area contributed by atoms with E-state index in [9.17, 15) is 18.0 Å². The fraction of sp³-hybridized carbons (Fsp3) is 0.562. The highest BCUT2D eigenvalue weighted by molar-refractivity contribution is 5.85. The quantitative estimate of drug-likeness (QED) is 0.878.